The number of halogens is 2. The zero-order valence-electron chi connectivity index (χ0n) is 16.7. The van der Waals surface area contributed by atoms with E-state index in [9.17, 15) is 5.11 Å². The summed E-state index contributed by atoms with van der Waals surface area (Å²) in [5, 5.41) is 11.2. The summed E-state index contributed by atoms with van der Waals surface area (Å²) in [4.78, 5) is 4.20. The molecular formula is C24H27Cl2NOZr. The Bertz CT molecular complexity index is 849. The molecule has 4 aliphatic carbocycles. The first-order valence-electron chi connectivity index (χ1n) is 10.4. The van der Waals surface area contributed by atoms with Gasteiger partial charge in [-0.05, 0) is 85.0 Å². The predicted octanol–water partition coefficient (Wildman–Crippen LogP) is 6.95. The van der Waals surface area contributed by atoms with Crippen molar-refractivity contribution >= 4 is 23.2 Å². The van der Waals surface area contributed by atoms with Gasteiger partial charge in [-0.25, -0.2) is 0 Å². The summed E-state index contributed by atoms with van der Waals surface area (Å²) in [5.41, 5.74) is 4.64. The van der Waals surface area contributed by atoms with Crippen molar-refractivity contribution in [2.24, 2.45) is 22.7 Å². The number of aromatic hydroxyl groups is 1. The van der Waals surface area contributed by atoms with Crippen molar-refractivity contribution in [1.29, 1.82) is 0 Å². The molecule has 4 saturated carbocycles. The molecule has 152 valence electrons. The first-order valence-corrected chi connectivity index (χ1v) is 16.7. The van der Waals surface area contributed by atoms with Gasteiger partial charge >= 0.3 is 37.9 Å². The Morgan fingerprint density at radius 1 is 0.966 bits per heavy atom. The van der Waals surface area contributed by atoms with Crippen LogP contribution in [-0.4, -0.2) is 18.4 Å². The van der Waals surface area contributed by atoms with Crippen LogP contribution >= 0.6 is 17.0 Å². The molecule has 2 nitrogen and oxygen atoms in total. The maximum atomic E-state index is 11.2. The third-order valence-electron chi connectivity index (χ3n) is 7.12. The van der Waals surface area contributed by atoms with Crippen LogP contribution < -0.4 is 0 Å². The third-order valence-corrected chi connectivity index (χ3v) is 7.12. The second-order valence-corrected chi connectivity index (χ2v) is 12.7. The first kappa shape index (κ1) is 21.6. The van der Waals surface area contributed by atoms with Gasteiger partial charge in [0.1, 0.15) is 5.75 Å². The quantitative estimate of drug-likeness (QED) is 0.448. The standard InChI is InChI=1S/C24H27NO.2ClH.Zr/c1-25-15-21-10-20(19-5-3-2-4-6-19)11-22(23(21)26)24-12-16-7-17(13-24)9-18(8-16)14-24;;;/h2-6,10-11,15-18,26H,7-9,12-14H2,1H3;2*1H;/q;;;+2/p-2. The Kier molecular flexibility index (Phi) is 6.89. The Morgan fingerprint density at radius 2 is 1.52 bits per heavy atom. The fourth-order valence-corrected chi connectivity index (χ4v) is 6.54. The number of nitrogens with zero attached hydrogens (tertiary/aromatic N) is 1. The number of phenols is 1. The number of benzene rings is 2. The molecule has 0 saturated heterocycles. The summed E-state index contributed by atoms with van der Waals surface area (Å²) >= 11 is -0.826. The number of hydrogen-bond acceptors (Lipinski definition) is 2. The third kappa shape index (κ3) is 4.39. The molecule has 0 heterocycles. The van der Waals surface area contributed by atoms with Gasteiger partial charge in [0.05, 0.1) is 0 Å². The summed E-state index contributed by atoms with van der Waals surface area (Å²) < 4.78 is 0. The Hall–Kier alpha value is -0.627. The van der Waals surface area contributed by atoms with Crippen LogP contribution in [0, 0.1) is 17.8 Å². The van der Waals surface area contributed by atoms with Gasteiger partial charge < -0.3 is 5.11 Å². The van der Waals surface area contributed by atoms with Crippen molar-refractivity contribution in [1.82, 2.24) is 0 Å². The Balaban J connectivity index is 0.000000645. The normalized spacial score (nSPS) is 29.6. The van der Waals surface area contributed by atoms with E-state index >= 15 is 0 Å². The van der Waals surface area contributed by atoms with E-state index < -0.39 is 20.8 Å². The second-order valence-electron chi connectivity index (χ2n) is 8.98. The van der Waals surface area contributed by atoms with Crippen molar-refractivity contribution in [2.75, 3.05) is 7.05 Å². The average Bonchev–Trinajstić information content (AvgIpc) is 2.70. The molecule has 4 aliphatic rings. The maximum absolute atomic E-state index is 11.2. The van der Waals surface area contributed by atoms with E-state index in [1.807, 2.05) is 6.21 Å². The molecule has 0 amide bonds. The first-order chi connectivity index (χ1) is 14.1. The zero-order valence-corrected chi connectivity index (χ0v) is 20.7. The number of phenolic OH excluding ortho intramolecular Hbond substituents is 1. The van der Waals surface area contributed by atoms with Crippen molar-refractivity contribution in [3.05, 3.63) is 53.6 Å². The van der Waals surface area contributed by atoms with Gasteiger partial charge in [-0.15, -0.1) is 0 Å². The number of hydrogen-bond donors (Lipinski definition) is 1. The van der Waals surface area contributed by atoms with Gasteiger partial charge in [0, 0.05) is 24.4 Å². The molecule has 2 aromatic rings. The Morgan fingerprint density at radius 3 is 2.03 bits per heavy atom. The molecule has 0 radical (unpaired) electrons. The van der Waals surface area contributed by atoms with Crippen molar-refractivity contribution in [3.63, 3.8) is 0 Å². The van der Waals surface area contributed by atoms with Gasteiger partial charge in [0.2, 0.25) is 0 Å². The summed E-state index contributed by atoms with van der Waals surface area (Å²) in [6.07, 6.45) is 9.84. The molecule has 29 heavy (non-hydrogen) atoms. The second kappa shape index (κ2) is 9.25. The molecule has 4 bridgehead atoms. The number of aliphatic imine (C=N–C) groups is 1. The van der Waals surface area contributed by atoms with Crippen LogP contribution in [0.25, 0.3) is 11.1 Å². The van der Waals surface area contributed by atoms with Crippen molar-refractivity contribution in [2.45, 2.75) is 43.9 Å². The molecule has 0 aromatic heterocycles. The van der Waals surface area contributed by atoms with E-state index in [0.29, 0.717) is 5.75 Å². The number of rotatable bonds is 3. The van der Waals surface area contributed by atoms with E-state index in [-0.39, 0.29) is 5.41 Å². The summed E-state index contributed by atoms with van der Waals surface area (Å²) in [7, 11) is 11.6. The van der Waals surface area contributed by atoms with Crippen LogP contribution in [0.5, 0.6) is 5.75 Å². The summed E-state index contributed by atoms with van der Waals surface area (Å²) in [6, 6.07) is 14.9. The fourth-order valence-electron chi connectivity index (χ4n) is 6.54. The Labute approximate surface area is 192 Å². The zero-order chi connectivity index (χ0) is 20.4. The summed E-state index contributed by atoms with van der Waals surface area (Å²) in [5.74, 6) is 3.07. The van der Waals surface area contributed by atoms with Gasteiger partial charge in [-0.2, -0.15) is 0 Å². The monoisotopic (exact) mass is 505 g/mol. The van der Waals surface area contributed by atoms with Gasteiger partial charge in [-0.3, -0.25) is 4.99 Å². The SMILES string of the molecule is CN=Cc1cc(-c2ccccc2)cc(C23CC4CC(CC(C4)C2)C3)c1O.[Cl][Zr][Cl]. The topological polar surface area (TPSA) is 32.6 Å². The average molecular weight is 508 g/mol. The molecular weight excluding hydrogens is 480 g/mol. The van der Waals surface area contributed by atoms with Crippen LogP contribution in [0.1, 0.15) is 49.7 Å². The molecule has 2 aromatic carbocycles. The van der Waals surface area contributed by atoms with Gasteiger partial charge in [-0.1, -0.05) is 30.3 Å². The van der Waals surface area contributed by atoms with Crippen molar-refractivity contribution < 1.29 is 26.0 Å². The van der Waals surface area contributed by atoms with E-state index in [0.717, 1.165) is 23.3 Å². The van der Waals surface area contributed by atoms with E-state index in [1.165, 1.54) is 55.2 Å². The molecule has 0 atom stereocenters. The van der Waals surface area contributed by atoms with E-state index in [1.54, 1.807) is 7.05 Å². The van der Waals surface area contributed by atoms with E-state index in [4.69, 9.17) is 17.0 Å². The molecule has 5 heteroatoms. The molecule has 0 aliphatic heterocycles. The fraction of sp³-hybridized carbons (Fsp3) is 0.458. The van der Waals surface area contributed by atoms with Crippen LogP contribution in [0.15, 0.2) is 47.5 Å². The van der Waals surface area contributed by atoms with Crippen LogP contribution in [-0.2, 0) is 26.3 Å². The molecule has 0 unspecified atom stereocenters. The molecule has 4 fully saturated rings. The van der Waals surface area contributed by atoms with Gasteiger partial charge in [0.25, 0.3) is 0 Å². The van der Waals surface area contributed by atoms with Crippen LogP contribution in [0.3, 0.4) is 0 Å². The molecule has 0 spiro atoms. The summed E-state index contributed by atoms with van der Waals surface area (Å²) in [6.45, 7) is 0. The van der Waals surface area contributed by atoms with Gasteiger partial charge in [0.15, 0.2) is 0 Å². The molecule has 6 rings (SSSR count). The van der Waals surface area contributed by atoms with E-state index in [2.05, 4.69) is 47.5 Å². The predicted molar refractivity (Wildman–Crippen MR) is 119 cm³/mol. The minimum atomic E-state index is -0.826. The minimum absolute atomic E-state index is 0.181. The molecule has 1 N–H and O–H groups in total. The van der Waals surface area contributed by atoms with Crippen LogP contribution in [0.2, 0.25) is 0 Å². The van der Waals surface area contributed by atoms with Crippen LogP contribution in [0.4, 0.5) is 0 Å². The van der Waals surface area contributed by atoms with Crippen molar-refractivity contribution in [3.8, 4) is 16.9 Å².